The fraction of sp³-hybridized carbons (Fsp3) is 0.200. The number of aryl methyl sites for hydroxylation is 1. The normalized spacial score (nSPS) is 10.3. The molecule has 0 saturated carbocycles. The molecular formula is C15H14BrFO. The average Bonchev–Trinajstić information content (AvgIpc) is 2.37. The summed E-state index contributed by atoms with van der Waals surface area (Å²) in [6, 6.07) is 14.4. The van der Waals surface area contributed by atoms with Crippen molar-refractivity contribution in [3.05, 3.63) is 64.4 Å². The summed E-state index contributed by atoms with van der Waals surface area (Å²) in [6.45, 7) is 0.661. The molecule has 2 aromatic carbocycles. The average molecular weight is 309 g/mol. The molecule has 0 aliphatic carbocycles. The van der Waals surface area contributed by atoms with Crippen LogP contribution in [0, 0.1) is 5.82 Å². The summed E-state index contributed by atoms with van der Waals surface area (Å²) >= 11 is 3.40. The number of benzene rings is 2. The molecule has 0 bridgehead atoms. The van der Waals surface area contributed by atoms with Gasteiger partial charge in [-0.1, -0.05) is 34.1 Å². The summed E-state index contributed by atoms with van der Waals surface area (Å²) in [4.78, 5) is 0. The molecule has 0 spiro atoms. The first kappa shape index (κ1) is 13.1. The van der Waals surface area contributed by atoms with Crippen molar-refractivity contribution in [2.45, 2.75) is 12.8 Å². The lowest BCUT2D eigenvalue weighted by Crippen LogP contribution is -1.99. The first-order chi connectivity index (χ1) is 8.74. The second kappa shape index (κ2) is 6.55. The van der Waals surface area contributed by atoms with Crippen molar-refractivity contribution in [1.82, 2.24) is 0 Å². The van der Waals surface area contributed by atoms with Crippen LogP contribution in [0.4, 0.5) is 4.39 Å². The number of rotatable bonds is 5. The third kappa shape index (κ3) is 4.15. The van der Waals surface area contributed by atoms with E-state index >= 15 is 0 Å². The number of hydrogen-bond acceptors (Lipinski definition) is 1. The summed E-state index contributed by atoms with van der Waals surface area (Å²) in [5.74, 6) is 0.674. The molecule has 2 rings (SSSR count). The molecule has 0 aliphatic heterocycles. The van der Waals surface area contributed by atoms with Gasteiger partial charge in [0.2, 0.25) is 0 Å². The first-order valence-electron chi connectivity index (χ1n) is 5.87. The van der Waals surface area contributed by atoms with E-state index in [0.717, 1.165) is 28.6 Å². The molecule has 0 N–H and O–H groups in total. The fourth-order valence-electron chi connectivity index (χ4n) is 1.67. The van der Waals surface area contributed by atoms with E-state index in [4.69, 9.17) is 4.74 Å². The number of ether oxygens (including phenoxy) is 1. The third-order valence-electron chi connectivity index (χ3n) is 2.59. The molecule has 2 aromatic rings. The van der Waals surface area contributed by atoms with E-state index in [1.54, 1.807) is 0 Å². The minimum absolute atomic E-state index is 0.191. The Hall–Kier alpha value is -1.35. The molecule has 0 unspecified atom stereocenters. The maximum Gasteiger partial charge on any atom is 0.123 e. The first-order valence-corrected chi connectivity index (χ1v) is 6.66. The highest BCUT2D eigenvalue weighted by Crippen LogP contribution is 2.18. The highest BCUT2D eigenvalue weighted by molar-refractivity contribution is 9.10. The molecule has 0 amide bonds. The second-order valence-electron chi connectivity index (χ2n) is 4.04. The van der Waals surface area contributed by atoms with Gasteiger partial charge in [0, 0.05) is 4.47 Å². The van der Waals surface area contributed by atoms with Crippen LogP contribution in [0.15, 0.2) is 53.0 Å². The van der Waals surface area contributed by atoms with Crippen LogP contribution in [0.2, 0.25) is 0 Å². The van der Waals surface area contributed by atoms with Gasteiger partial charge in [0.1, 0.15) is 11.6 Å². The van der Waals surface area contributed by atoms with Gasteiger partial charge in [-0.15, -0.1) is 0 Å². The topological polar surface area (TPSA) is 9.23 Å². The van der Waals surface area contributed by atoms with E-state index in [1.165, 1.54) is 12.1 Å². The van der Waals surface area contributed by atoms with E-state index in [2.05, 4.69) is 15.9 Å². The van der Waals surface area contributed by atoms with Gasteiger partial charge < -0.3 is 4.74 Å². The maximum absolute atomic E-state index is 12.7. The lowest BCUT2D eigenvalue weighted by atomic mass is 10.1. The van der Waals surface area contributed by atoms with E-state index in [-0.39, 0.29) is 5.82 Å². The van der Waals surface area contributed by atoms with Gasteiger partial charge in [0.25, 0.3) is 0 Å². The molecule has 94 valence electrons. The van der Waals surface area contributed by atoms with Crippen LogP contribution >= 0.6 is 15.9 Å². The molecular weight excluding hydrogens is 295 g/mol. The molecule has 1 nitrogen and oxygen atoms in total. The summed E-state index contributed by atoms with van der Waals surface area (Å²) < 4.78 is 19.3. The van der Waals surface area contributed by atoms with E-state index in [1.807, 2.05) is 36.4 Å². The Morgan fingerprint density at radius 2 is 1.83 bits per heavy atom. The molecule has 18 heavy (non-hydrogen) atoms. The molecule has 3 heteroatoms. The Morgan fingerprint density at radius 1 is 1.06 bits per heavy atom. The van der Waals surface area contributed by atoms with Gasteiger partial charge in [-0.25, -0.2) is 4.39 Å². The zero-order chi connectivity index (χ0) is 12.8. The monoisotopic (exact) mass is 308 g/mol. The van der Waals surface area contributed by atoms with Gasteiger partial charge in [0.05, 0.1) is 6.61 Å². The van der Waals surface area contributed by atoms with Crippen LogP contribution in [-0.2, 0) is 6.42 Å². The quantitative estimate of drug-likeness (QED) is 0.734. The lowest BCUT2D eigenvalue weighted by molar-refractivity contribution is 0.311. The zero-order valence-corrected chi connectivity index (χ0v) is 11.5. The molecule has 0 aliphatic rings. The summed E-state index contributed by atoms with van der Waals surface area (Å²) in [6.07, 6.45) is 1.81. The van der Waals surface area contributed by atoms with E-state index in [0.29, 0.717) is 6.61 Å². The lowest BCUT2D eigenvalue weighted by Gasteiger charge is -2.06. The highest BCUT2D eigenvalue weighted by Gasteiger charge is 1.97. The number of halogens is 2. The van der Waals surface area contributed by atoms with Crippen molar-refractivity contribution < 1.29 is 9.13 Å². The van der Waals surface area contributed by atoms with Crippen LogP contribution < -0.4 is 4.74 Å². The number of hydrogen-bond donors (Lipinski definition) is 0. The largest absolute Gasteiger partial charge is 0.494 e. The van der Waals surface area contributed by atoms with Crippen molar-refractivity contribution in [2.24, 2.45) is 0 Å². The Labute approximate surface area is 115 Å². The van der Waals surface area contributed by atoms with Crippen molar-refractivity contribution >= 4 is 15.9 Å². The van der Waals surface area contributed by atoms with E-state index < -0.39 is 0 Å². The SMILES string of the molecule is Fc1ccc(CCCOc2cccc(Br)c2)cc1. The molecule has 0 aromatic heterocycles. The van der Waals surface area contributed by atoms with Gasteiger partial charge in [-0.3, -0.25) is 0 Å². The third-order valence-corrected chi connectivity index (χ3v) is 3.08. The van der Waals surface area contributed by atoms with Crippen LogP contribution in [0.1, 0.15) is 12.0 Å². The molecule has 0 fully saturated rings. The van der Waals surface area contributed by atoms with Crippen molar-refractivity contribution in [1.29, 1.82) is 0 Å². The zero-order valence-electron chi connectivity index (χ0n) is 9.90. The molecule has 0 saturated heterocycles. The van der Waals surface area contributed by atoms with Gasteiger partial charge in [0.15, 0.2) is 0 Å². The van der Waals surface area contributed by atoms with Crippen LogP contribution in [0.5, 0.6) is 5.75 Å². The second-order valence-corrected chi connectivity index (χ2v) is 4.95. The van der Waals surface area contributed by atoms with Crippen LogP contribution in [-0.4, -0.2) is 6.61 Å². The van der Waals surface area contributed by atoms with E-state index in [9.17, 15) is 4.39 Å². The Kier molecular flexibility index (Phi) is 4.76. The van der Waals surface area contributed by atoms with Gasteiger partial charge in [-0.2, -0.15) is 0 Å². The molecule has 0 atom stereocenters. The van der Waals surface area contributed by atoms with Crippen molar-refractivity contribution in [2.75, 3.05) is 6.61 Å². The summed E-state index contributed by atoms with van der Waals surface area (Å²) in [7, 11) is 0. The standard InChI is InChI=1S/C15H14BrFO/c16-13-4-1-5-15(11-13)18-10-2-3-12-6-8-14(17)9-7-12/h1,4-9,11H,2-3,10H2. The van der Waals surface area contributed by atoms with Crippen LogP contribution in [0.25, 0.3) is 0 Å². The smallest absolute Gasteiger partial charge is 0.123 e. The molecule has 0 heterocycles. The fourth-order valence-corrected chi connectivity index (χ4v) is 2.05. The summed E-state index contributed by atoms with van der Waals surface area (Å²) in [5, 5.41) is 0. The Morgan fingerprint density at radius 3 is 2.56 bits per heavy atom. The maximum atomic E-state index is 12.7. The molecule has 0 radical (unpaired) electrons. The minimum atomic E-state index is -0.191. The predicted octanol–water partition coefficient (Wildman–Crippen LogP) is 4.60. The Bertz CT molecular complexity index is 496. The predicted molar refractivity (Wildman–Crippen MR) is 74.4 cm³/mol. The van der Waals surface area contributed by atoms with Crippen LogP contribution in [0.3, 0.4) is 0 Å². The van der Waals surface area contributed by atoms with Crippen molar-refractivity contribution in [3.63, 3.8) is 0 Å². The summed E-state index contributed by atoms with van der Waals surface area (Å²) in [5.41, 5.74) is 1.13. The minimum Gasteiger partial charge on any atom is -0.494 e. The van der Waals surface area contributed by atoms with Gasteiger partial charge in [-0.05, 0) is 48.7 Å². The Balaban J connectivity index is 1.74. The van der Waals surface area contributed by atoms with Gasteiger partial charge >= 0.3 is 0 Å². The highest BCUT2D eigenvalue weighted by atomic mass is 79.9. The van der Waals surface area contributed by atoms with Crippen molar-refractivity contribution in [3.8, 4) is 5.75 Å².